The number of hydrogen-bond donors (Lipinski definition) is 0. The number of rotatable bonds is 9. The predicted octanol–water partition coefficient (Wildman–Crippen LogP) is 3.58. The molecular weight excluding hydrogens is 382 g/mol. The molecule has 0 amide bonds. The Morgan fingerprint density at radius 3 is 2.17 bits per heavy atom. The maximum Gasteiger partial charge on any atom is 0.343 e. The monoisotopic (exact) mass is 403 g/mol. The van der Waals surface area contributed by atoms with Crippen LogP contribution in [0, 0.1) is 10.1 Å². The second kappa shape index (κ2) is 9.98. The average Bonchev–Trinajstić information content (AvgIpc) is 2.72. The summed E-state index contributed by atoms with van der Waals surface area (Å²) in [6, 6.07) is 7.55. The van der Waals surface area contributed by atoms with Crippen LogP contribution in [0.5, 0.6) is 28.7 Å². The van der Waals surface area contributed by atoms with Gasteiger partial charge in [-0.25, -0.2) is 4.79 Å². The molecule has 2 rings (SSSR count). The standard InChI is InChI=1S/C20H21NO8/c1-5-28-16-10-13(8-9-21(23)24)6-7-15(16)29-20(22)14-11-17(25-2)19(27-4)18(12-14)26-3/h6-12H,5H2,1-4H3/b9-8-. The molecule has 0 saturated heterocycles. The number of carbonyl (C=O) groups is 1. The highest BCUT2D eigenvalue weighted by Crippen LogP contribution is 2.39. The molecule has 0 unspecified atom stereocenters. The number of hydrogen-bond acceptors (Lipinski definition) is 8. The summed E-state index contributed by atoms with van der Waals surface area (Å²) in [5, 5.41) is 10.5. The molecule has 29 heavy (non-hydrogen) atoms. The van der Waals surface area contributed by atoms with Gasteiger partial charge in [0, 0.05) is 6.08 Å². The summed E-state index contributed by atoms with van der Waals surface area (Å²) in [5.74, 6) is 0.748. The summed E-state index contributed by atoms with van der Waals surface area (Å²) < 4.78 is 26.7. The predicted molar refractivity (Wildman–Crippen MR) is 105 cm³/mol. The molecule has 0 aliphatic heterocycles. The summed E-state index contributed by atoms with van der Waals surface area (Å²) in [6.07, 6.45) is 2.12. The molecule has 0 aliphatic carbocycles. The molecule has 0 bridgehead atoms. The lowest BCUT2D eigenvalue weighted by Crippen LogP contribution is -2.11. The van der Waals surface area contributed by atoms with Crippen molar-refractivity contribution in [2.24, 2.45) is 0 Å². The van der Waals surface area contributed by atoms with Crippen molar-refractivity contribution in [3.05, 3.63) is 57.8 Å². The van der Waals surface area contributed by atoms with Gasteiger partial charge in [-0.3, -0.25) is 10.1 Å². The third kappa shape index (κ3) is 5.38. The van der Waals surface area contributed by atoms with E-state index in [-0.39, 0.29) is 17.1 Å². The molecule has 0 aliphatic rings. The number of nitro groups is 1. The van der Waals surface area contributed by atoms with E-state index in [1.54, 1.807) is 19.1 Å². The van der Waals surface area contributed by atoms with Gasteiger partial charge >= 0.3 is 5.97 Å². The first-order chi connectivity index (χ1) is 13.9. The molecule has 0 heterocycles. The van der Waals surface area contributed by atoms with E-state index < -0.39 is 10.9 Å². The Bertz CT molecular complexity index is 898. The Morgan fingerprint density at radius 1 is 1.00 bits per heavy atom. The third-order valence-electron chi connectivity index (χ3n) is 3.76. The molecule has 9 nitrogen and oxygen atoms in total. The second-order valence-corrected chi connectivity index (χ2v) is 5.54. The minimum atomic E-state index is -0.668. The highest BCUT2D eigenvalue weighted by atomic mass is 16.6. The Balaban J connectivity index is 2.35. The van der Waals surface area contributed by atoms with Gasteiger partial charge in [-0.2, -0.15) is 0 Å². The second-order valence-electron chi connectivity index (χ2n) is 5.54. The lowest BCUT2D eigenvalue weighted by Gasteiger charge is -2.15. The minimum absolute atomic E-state index is 0.170. The summed E-state index contributed by atoms with van der Waals surface area (Å²) >= 11 is 0. The Hall–Kier alpha value is -3.75. The summed E-state index contributed by atoms with van der Waals surface area (Å²) in [4.78, 5) is 22.6. The van der Waals surface area contributed by atoms with Crippen LogP contribution in [0.3, 0.4) is 0 Å². The van der Waals surface area contributed by atoms with Gasteiger partial charge in [0.15, 0.2) is 23.0 Å². The lowest BCUT2D eigenvalue weighted by molar-refractivity contribution is -0.400. The fourth-order valence-electron chi connectivity index (χ4n) is 2.49. The first-order valence-electron chi connectivity index (χ1n) is 8.54. The number of esters is 1. The van der Waals surface area contributed by atoms with Gasteiger partial charge in [-0.05, 0) is 36.8 Å². The van der Waals surface area contributed by atoms with E-state index in [4.69, 9.17) is 23.7 Å². The van der Waals surface area contributed by atoms with E-state index in [1.165, 1.54) is 45.6 Å². The highest BCUT2D eigenvalue weighted by Gasteiger charge is 2.19. The van der Waals surface area contributed by atoms with Crippen molar-refractivity contribution in [1.82, 2.24) is 0 Å². The van der Waals surface area contributed by atoms with Crippen LogP contribution < -0.4 is 23.7 Å². The van der Waals surface area contributed by atoms with Gasteiger partial charge in [0.25, 0.3) is 0 Å². The van der Waals surface area contributed by atoms with Crippen LogP contribution in [0.1, 0.15) is 22.8 Å². The summed E-state index contributed by atoms with van der Waals surface area (Å²) in [5.41, 5.74) is 0.706. The molecule has 2 aromatic carbocycles. The molecule has 0 radical (unpaired) electrons. The molecule has 0 saturated carbocycles. The normalized spacial score (nSPS) is 10.5. The molecule has 0 spiro atoms. The Labute approximate surface area is 167 Å². The third-order valence-corrected chi connectivity index (χ3v) is 3.76. The largest absolute Gasteiger partial charge is 0.493 e. The van der Waals surface area contributed by atoms with E-state index in [2.05, 4.69) is 0 Å². The van der Waals surface area contributed by atoms with Gasteiger partial charge in [0.2, 0.25) is 11.9 Å². The maximum absolute atomic E-state index is 12.7. The van der Waals surface area contributed by atoms with E-state index in [1.807, 2.05) is 0 Å². The fourth-order valence-corrected chi connectivity index (χ4v) is 2.49. The van der Waals surface area contributed by atoms with Crippen LogP contribution in [-0.4, -0.2) is 38.8 Å². The zero-order valence-electron chi connectivity index (χ0n) is 16.5. The number of benzene rings is 2. The first-order valence-corrected chi connectivity index (χ1v) is 8.54. The van der Waals surface area contributed by atoms with Crippen LogP contribution in [0.15, 0.2) is 36.5 Å². The number of nitrogens with zero attached hydrogens (tertiary/aromatic N) is 1. The summed E-state index contributed by atoms with van der Waals surface area (Å²) in [6.45, 7) is 2.08. The van der Waals surface area contributed by atoms with Gasteiger partial charge in [-0.1, -0.05) is 6.07 Å². The van der Waals surface area contributed by atoms with E-state index in [0.29, 0.717) is 29.4 Å². The van der Waals surface area contributed by atoms with Crippen molar-refractivity contribution in [2.75, 3.05) is 27.9 Å². The first kappa shape index (κ1) is 21.5. The van der Waals surface area contributed by atoms with Gasteiger partial charge < -0.3 is 23.7 Å². The molecule has 2 aromatic rings. The van der Waals surface area contributed by atoms with E-state index in [0.717, 1.165) is 6.20 Å². The van der Waals surface area contributed by atoms with Crippen LogP contribution in [0.4, 0.5) is 0 Å². The van der Waals surface area contributed by atoms with Crippen molar-refractivity contribution in [3.63, 3.8) is 0 Å². The number of carbonyl (C=O) groups excluding carboxylic acids is 1. The fraction of sp³-hybridized carbons (Fsp3) is 0.250. The van der Waals surface area contributed by atoms with Crippen molar-refractivity contribution >= 4 is 12.0 Å². The van der Waals surface area contributed by atoms with Gasteiger partial charge in [0.1, 0.15) is 0 Å². The number of methoxy groups -OCH3 is 3. The topological polar surface area (TPSA) is 106 Å². The quantitative estimate of drug-likeness (QED) is 0.271. The van der Waals surface area contributed by atoms with Gasteiger partial charge in [0.05, 0.1) is 38.4 Å². The average molecular weight is 403 g/mol. The SMILES string of the molecule is CCOc1cc(/C=C\[N+](=O)[O-])ccc1OC(=O)c1cc(OC)c(OC)c(OC)c1. The van der Waals surface area contributed by atoms with Crippen LogP contribution in [-0.2, 0) is 0 Å². The van der Waals surface area contributed by atoms with E-state index >= 15 is 0 Å². The highest BCUT2D eigenvalue weighted by molar-refractivity contribution is 5.93. The van der Waals surface area contributed by atoms with Crippen molar-refractivity contribution in [1.29, 1.82) is 0 Å². The van der Waals surface area contributed by atoms with Crippen LogP contribution in [0.25, 0.3) is 6.08 Å². The Kier molecular flexibility index (Phi) is 7.41. The van der Waals surface area contributed by atoms with Crippen molar-refractivity contribution in [3.8, 4) is 28.7 Å². The molecule has 9 heteroatoms. The zero-order chi connectivity index (χ0) is 21.4. The van der Waals surface area contributed by atoms with Crippen LogP contribution in [0.2, 0.25) is 0 Å². The lowest BCUT2D eigenvalue weighted by atomic mass is 10.1. The minimum Gasteiger partial charge on any atom is -0.493 e. The smallest absolute Gasteiger partial charge is 0.343 e. The molecular formula is C20H21NO8. The van der Waals surface area contributed by atoms with E-state index in [9.17, 15) is 14.9 Å². The van der Waals surface area contributed by atoms with Crippen molar-refractivity contribution in [2.45, 2.75) is 6.92 Å². The van der Waals surface area contributed by atoms with Gasteiger partial charge in [-0.15, -0.1) is 0 Å². The molecule has 0 N–H and O–H groups in total. The zero-order valence-corrected chi connectivity index (χ0v) is 16.5. The van der Waals surface area contributed by atoms with Crippen LogP contribution >= 0.6 is 0 Å². The molecule has 154 valence electrons. The summed E-state index contributed by atoms with van der Waals surface area (Å²) in [7, 11) is 4.34. The Morgan fingerprint density at radius 2 is 1.66 bits per heavy atom. The molecule has 0 aromatic heterocycles. The van der Waals surface area contributed by atoms with Crippen molar-refractivity contribution < 1.29 is 33.4 Å². The maximum atomic E-state index is 12.7. The number of ether oxygens (including phenoxy) is 5. The molecule has 0 atom stereocenters. The molecule has 0 fully saturated rings.